The first-order valence-electron chi connectivity index (χ1n) is 5.71. The zero-order chi connectivity index (χ0) is 13.0. The van der Waals surface area contributed by atoms with Gasteiger partial charge in [-0.25, -0.2) is 5.43 Å². The number of rotatable bonds is 4. The molecule has 0 bridgehead atoms. The molecule has 0 saturated heterocycles. The van der Waals surface area contributed by atoms with Crippen molar-refractivity contribution >= 4 is 23.0 Å². The van der Waals surface area contributed by atoms with Crippen LogP contribution in [0.15, 0.2) is 48.2 Å². The lowest BCUT2D eigenvalue weighted by molar-refractivity contribution is -0.118. The number of amides is 1. The van der Waals surface area contributed by atoms with Gasteiger partial charge in [0, 0.05) is 36.1 Å². The van der Waals surface area contributed by atoms with Crippen LogP contribution >= 0.6 is 0 Å². The number of para-hydroxylation sites is 1. The predicted molar refractivity (Wildman–Crippen MR) is 73.5 cm³/mol. The molecule has 1 aromatic carbocycles. The van der Waals surface area contributed by atoms with Crippen LogP contribution in [0.4, 0.5) is 0 Å². The Morgan fingerprint density at radius 3 is 3.00 bits per heavy atom. The molecule has 0 aliphatic rings. The average Bonchev–Trinajstić information content (AvgIpc) is 2.69. The third-order valence-corrected chi connectivity index (χ3v) is 2.57. The number of benzene rings is 1. The lowest BCUT2D eigenvalue weighted by atomic mass is 10.2. The summed E-state index contributed by atoms with van der Waals surface area (Å²) in [5.74, 6) is -0.180. The Kier molecular flexibility index (Phi) is 3.57. The quantitative estimate of drug-likeness (QED) is 0.498. The highest BCUT2D eigenvalue weighted by Crippen LogP contribution is 2.19. The molecule has 0 aliphatic heterocycles. The van der Waals surface area contributed by atoms with E-state index >= 15 is 0 Å². The maximum atomic E-state index is 10.8. The van der Waals surface area contributed by atoms with Crippen molar-refractivity contribution in [2.75, 3.05) is 0 Å². The third kappa shape index (κ3) is 2.48. The van der Waals surface area contributed by atoms with Crippen LogP contribution in [0, 0.1) is 0 Å². The standard InChI is InChI=1S/C14H15N3O/c1-3-8-17-10-12(9-15-16-11(2)18)13-6-4-5-7-14(13)17/h3-7,9-10H,1,8H2,2H3,(H,16,18)/b15-9-. The van der Waals surface area contributed by atoms with Crippen LogP contribution in [0.5, 0.6) is 0 Å². The number of aromatic nitrogens is 1. The molecule has 0 saturated carbocycles. The van der Waals surface area contributed by atoms with Gasteiger partial charge in [0.15, 0.2) is 0 Å². The normalized spacial score (nSPS) is 10.9. The van der Waals surface area contributed by atoms with Crippen LogP contribution < -0.4 is 5.43 Å². The summed E-state index contributed by atoms with van der Waals surface area (Å²) in [4.78, 5) is 10.8. The van der Waals surface area contributed by atoms with E-state index in [1.54, 1.807) is 6.21 Å². The summed E-state index contributed by atoms with van der Waals surface area (Å²) in [6.45, 7) is 5.92. The molecule has 0 aliphatic carbocycles. The molecule has 0 radical (unpaired) electrons. The minimum Gasteiger partial charge on any atom is -0.343 e. The highest BCUT2D eigenvalue weighted by Gasteiger charge is 2.04. The van der Waals surface area contributed by atoms with Crippen molar-refractivity contribution in [3.05, 3.63) is 48.7 Å². The summed E-state index contributed by atoms with van der Waals surface area (Å²) in [5, 5.41) is 5.01. The van der Waals surface area contributed by atoms with Crippen LogP contribution in [0.25, 0.3) is 10.9 Å². The highest BCUT2D eigenvalue weighted by molar-refractivity contribution is 5.99. The van der Waals surface area contributed by atoms with Crippen molar-refractivity contribution in [2.24, 2.45) is 5.10 Å². The second-order valence-corrected chi connectivity index (χ2v) is 3.97. The molecule has 1 N–H and O–H groups in total. The first kappa shape index (κ1) is 12.1. The minimum atomic E-state index is -0.180. The third-order valence-electron chi connectivity index (χ3n) is 2.57. The van der Waals surface area contributed by atoms with E-state index < -0.39 is 0 Å². The van der Waals surface area contributed by atoms with Crippen molar-refractivity contribution in [3.8, 4) is 0 Å². The smallest absolute Gasteiger partial charge is 0.236 e. The number of carbonyl (C=O) groups is 1. The van der Waals surface area contributed by atoms with Crippen molar-refractivity contribution in [1.29, 1.82) is 0 Å². The number of hydrogen-bond donors (Lipinski definition) is 1. The number of allylic oxidation sites excluding steroid dienone is 1. The van der Waals surface area contributed by atoms with Crippen molar-refractivity contribution < 1.29 is 4.79 Å². The summed E-state index contributed by atoms with van der Waals surface area (Å²) in [6, 6.07) is 8.06. The molecule has 0 spiro atoms. The topological polar surface area (TPSA) is 46.4 Å². The van der Waals surface area contributed by atoms with Crippen LogP contribution in [-0.4, -0.2) is 16.7 Å². The van der Waals surface area contributed by atoms with E-state index in [0.717, 1.165) is 23.0 Å². The lowest BCUT2D eigenvalue weighted by Crippen LogP contribution is -2.12. The molecule has 2 rings (SSSR count). The van der Waals surface area contributed by atoms with Gasteiger partial charge in [-0.3, -0.25) is 4.79 Å². The predicted octanol–water partition coefficient (Wildman–Crippen LogP) is 2.30. The minimum absolute atomic E-state index is 0.180. The number of nitrogens with zero attached hydrogens (tertiary/aromatic N) is 2. The zero-order valence-corrected chi connectivity index (χ0v) is 10.3. The maximum Gasteiger partial charge on any atom is 0.236 e. The second-order valence-electron chi connectivity index (χ2n) is 3.97. The molecule has 0 atom stereocenters. The van der Waals surface area contributed by atoms with E-state index in [-0.39, 0.29) is 5.91 Å². The summed E-state index contributed by atoms with van der Waals surface area (Å²) in [5.41, 5.74) is 4.50. The van der Waals surface area contributed by atoms with Gasteiger partial charge in [0.25, 0.3) is 0 Å². The Bertz CT molecular complexity index is 611. The van der Waals surface area contributed by atoms with Gasteiger partial charge in [0.2, 0.25) is 5.91 Å². The van der Waals surface area contributed by atoms with Gasteiger partial charge in [-0.15, -0.1) is 6.58 Å². The van der Waals surface area contributed by atoms with Gasteiger partial charge >= 0.3 is 0 Å². The fraction of sp³-hybridized carbons (Fsp3) is 0.143. The fourth-order valence-electron chi connectivity index (χ4n) is 1.86. The summed E-state index contributed by atoms with van der Waals surface area (Å²) < 4.78 is 2.09. The van der Waals surface area contributed by atoms with E-state index in [1.165, 1.54) is 6.92 Å². The lowest BCUT2D eigenvalue weighted by Gasteiger charge is -1.98. The molecule has 1 heterocycles. The summed E-state index contributed by atoms with van der Waals surface area (Å²) in [6.07, 6.45) is 5.50. The molecule has 92 valence electrons. The Hall–Kier alpha value is -2.36. The van der Waals surface area contributed by atoms with E-state index in [1.807, 2.05) is 30.5 Å². The molecule has 4 nitrogen and oxygen atoms in total. The Balaban J connectivity index is 2.41. The van der Waals surface area contributed by atoms with E-state index in [9.17, 15) is 4.79 Å². The van der Waals surface area contributed by atoms with Crippen molar-refractivity contribution in [2.45, 2.75) is 13.5 Å². The number of hydrogen-bond acceptors (Lipinski definition) is 2. The van der Waals surface area contributed by atoms with Crippen LogP contribution in [-0.2, 0) is 11.3 Å². The Labute approximate surface area is 106 Å². The molecule has 18 heavy (non-hydrogen) atoms. The number of hydrazone groups is 1. The molecule has 1 aromatic heterocycles. The van der Waals surface area contributed by atoms with Crippen LogP contribution in [0.1, 0.15) is 12.5 Å². The zero-order valence-electron chi connectivity index (χ0n) is 10.3. The van der Waals surface area contributed by atoms with Gasteiger partial charge in [-0.05, 0) is 6.07 Å². The Morgan fingerprint density at radius 2 is 2.28 bits per heavy atom. The first-order chi connectivity index (χ1) is 8.72. The van der Waals surface area contributed by atoms with Gasteiger partial charge in [0.05, 0.1) is 6.21 Å². The molecule has 0 fully saturated rings. The summed E-state index contributed by atoms with van der Waals surface area (Å²) in [7, 11) is 0. The fourth-order valence-corrected chi connectivity index (χ4v) is 1.86. The maximum absolute atomic E-state index is 10.8. The second kappa shape index (κ2) is 5.31. The molecule has 0 unspecified atom stereocenters. The van der Waals surface area contributed by atoms with Gasteiger partial charge in [-0.2, -0.15) is 5.10 Å². The van der Waals surface area contributed by atoms with Crippen LogP contribution in [0.3, 0.4) is 0 Å². The highest BCUT2D eigenvalue weighted by atomic mass is 16.2. The molecular weight excluding hydrogens is 226 g/mol. The number of carbonyl (C=O) groups excluding carboxylic acids is 1. The number of fused-ring (bicyclic) bond motifs is 1. The largest absolute Gasteiger partial charge is 0.343 e. The number of nitrogens with one attached hydrogen (secondary N) is 1. The monoisotopic (exact) mass is 241 g/mol. The van der Waals surface area contributed by atoms with Crippen molar-refractivity contribution in [1.82, 2.24) is 9.99 Å². The van der Waals surface area contributed by atoms with Gasteiger partial charge in [0.1, 0.15) is 0 Å². The molecule has 2 aromatic rings. The van der Waals surface area contributed by atoms with E-state index in [4.69, 9.17) is 0 Å². The van der Waals surface area contributed by atoms with E-state index in [0.29, 0.717) is 0 Å². The van der Waals surface area contributed by atoms with E-state index in [2.05, 4.69) is 27.7 Å². The molecule has 1 amide bonds. The Morgan fingerprint density at radius 1 is 1.50 bits per heavy atom. The SMILES string of the molecule is C=CCn1cc(/C=N\NC(C)=O)c2ccccc21. The van der Waals surface area contributed by atoms with Crippen LogP contribution in [0.2, 0.25) is 0 Å². The van der Waals surface area contributed by atoms with Gasteiger partial charge < -0.3 is 4.57 Å². The first-order valence-corrected chi connectivity index (χ1v) is 5.71. The molecular formula is C14H15N3O. The molecule has 4 heteroatoms. The van der Waals surface area contributed by atoms with Crippen molar-refractivity contribution in [3.63, 3.8) is 0 Å². The summed E-state index contributed by atoms with van der Waals surface area (Å²) >= 11 is 0. The average molecular weight is 241 g/mol. The van der Waals surface area contributed by atoms with Gasteiger partial charge in [-0.1, -0.05) is 24.3 Å².